The highest BCUT2D eigenvalue weighted by molar-refractivity contribution is 7.88. The summed E-state index contributed by atoms with van der Waals surface area (Å²) in [5.41, 5.74) is 2.02. The molecule has 0 bridgehead atoms. The van der Waals surface area contributed by atoms with E-state index in [9.17, 15) is 13.2 Å². The van der Waals surface area contributed by atoms with Crippen molar-refractivity contribution in [2.75, 3.05) is 50.5 Å². The van der Waals surface area contributed by atoms with Gasteiger partial charge in [0, 0.05) is 38.4 Å². The number of carbonyl (C=O) groups is 1. The van der Waals surface area contributed by atoms with Gasteiger partial charge in [-0.05, 0) is 36.0 Å². The van der Waals surface area contributed by atoms with Gasteiger partial charge < -0.3 is 15.0 Å². The SMILES string of the molecule is CS(=O)(=O)N1CC(C(=O)NCc2ccc(N3CCOCC3)cc2)C2(CCCCC2)C1. The van der Waals surface area contributed by atoms with Crippen LogP contribution in [-0.2, 0) is 26.1 Å². The second-order valence-electron chi connectivity index (χ2n) is 9.01. The molecule has 1 N–H and O–H groups in total. The third-order valence-corrected chi connectivity index (χ3v) is 8.25. The Labute approximate surface area is 179 Å². The average Bonchev–Trinajstić information content (AvgIpc) is 3.12. The standard InChI is InChI=1S/C22H33N3O4S/c1-30(27,28)25-16-20(22(17-25)9-3-2-4-10-22)21(26)23-15-18-5-7-19(8-6-18)24-11-13-29-14-12-24/h5-8,20H,2-4,9-17H2,1H3,(H,23,26). The fourth-order valence-corrected chi connectivity index (χ4v) is 6.17. The van der Waals surface area contributed by atoms with Crippen molar-refractivity contribution in [1.82, 2.24) is 9.62 Å². The van der Waals surface area contributed by atoms with Crippen molar-refractivity contribution in [2.24, 2.45) is 11.3 Å². The number of nitrogens with one attached hydrogen (secondary N) is 1. The molecule has 3 fully saturated rings. The summed E-state index contributed by atoms with van der Waals surface area (Å²) in [6.45, 7) is 4.57. The first-order valence-corrected chi connectivity index (χ1v) is 12.9. The number of anilines is 1. The van der Waals surface area contributed by atoms with Crippen LogP contribution in [0, 0.1) is 11.3 Å². The summed E-state index contributed by atoms with van der Waals surface area (Å²) in [5.74, 6) is -0.277. The minimum atomic E-state index is -3.29. The van der Waals surface area contributed by atoms with Gasteiger partial charge in [-0.25, -0.2) is 12.7 Å². The monoisotopic (exact) mass is 435 g/mol. The van der Waals surface area contributed by atoms with Gasteiger partial charge in [0.05, 0.1) is 25.4 Å². The summed E-state index contributed by atoms with van der Waals surface area (Å²) >= 11 is 0. The molecule has 3 aliphatic rings. The number of morpholine rings is 1. The third-order valence-electron chi connectivity index (χ3n) is 7.03. The van der Waals surface area contributed by atoms with E-state index in [4.69, 9.17) is 4.74 Å². The first-order valence-electron chi connectivity index (χ1n) is 11.0. The zero-order valence-electron chi connectivity index (χ0n) is 17.8. The normalized spacial score (nSPS) is 24.8. The molecule has 2 saturated heterocycles. The zero-order valence-corrected chi connectivity index (χ0v) is 18.6. The van der Waals surface area contributed by atoms with E-state index in [1.165, 1.54) is 22.7 Å². The summed E-state index contributed by atoms with van der Waals surface area (Å²) in [6, 6.07) is 8.30. The number of sulfonamides is 1. The van der Waals surface area contributed by atoms with Gasteiger partial charge in [0.1, 0.15) is 0 Å². The van der Waals surface area contributed by atoms with E-state index in [1.54, 1.807) is 0 Å². The highest BCUT2D eigenvalue weighted by Crippen LogP contribution is 2.48. The van der Waals surface area contributed by atoms with Gasteiger partial charge in [0.25, 0.3) is 0 Å². The molecule has 7 nitrogen and oxygen atoms in total. The van der Waals surface area contributed by atoms with E-state index >= 15 is 0 Å². The van der Waals surface area contributed by atoms with E-state index in [1.807, 2.05) is 0 Å². The Morgan fingerprint density at radius 2 is 1.80 bits per heavy atom. The number of ether oxygens (including phenoxy) is 1. The third kappa shape index (κ3) is 4.65. The minimum Gasteiger partial charge on any atom is -0.378 e. The summed E-state index contributed by atoms with van der Waals surface area (Å²) in [6.07, 6.45) is 6.44. The first kappa shape index (κ1) is 21.6. The average molecular weight is 436 g/mol. The van der Waals surface area contributed by atoms with Crippen LogP contribution in [-0.4, -0.2) is 64.3 Å². The number of rotatable bonds is 5. The number of nitrogens with zero attached hydrogens (tertiary/aromatic N) is 2. The molecular weight excluding hydrogens is 402 g/mol. The maximum Gasteiger partial charge on any atom is 0.225 e. The van der Waals surface area contributed by atoms with Gasteiger partial charge in [-0.1, -0.05) is 31.4 Å². The lowest BCUT2D eigenvalue weighted by atomic mass is 9.67. The molecule has 30 heavy (non-hydrogen) atoms. The Bertz CT molecular complexity index is 844. The summed E-state index contributed by atoms with van der Waals surface area (Å²) in [4.78, 5) is 15.4. The zero-order chi connectivity index (χ0) is 21.2. The Morgan fingerprint density at radius 1 is 1.13 bits per heavy atom. The van der Waals surface area contributed by atoms with Gasteiger partial charge in [0.15, 0.2) is 0 Å². The van der Waals surface area contributed by atoms with Gasteiger partial charge in [-0.2, -0.15) is 0 Å². The van der Waals surface area contributed by atoms with Gasteiger partial charge >= 0.3 is 0 Å². The molecule has 4 rings (SSSR count). The molecule has 1 aliphatic carbocycles. The largest absolute Gasteiger partial charge is 0.378 e. The lowest BCUT2D eigenvalue weighted by Gasteiger charge is -2.37. The maximum atomic E-state index is 13.1. The fraction of sp³-hybridized carbons (Fsp3) is 0.682. The molecule has 2 aliphatic heterocycles. The van der Waals surface area contributed by atoms with Crippen molar-refractivity contribution in [1.29, 1.82) is 0 Å². The van der Waals surface area contributed by atoms with Crippen LogP contribution in [0.1, 0.15) is 37.7 Å². The van der Waals surface area contributed by atoms with Crippen LogP contribution in [0.15, 0.2) is 24.3 Å². The summed E-state index contributed by atoms with van der Waals surface area (Å²) in [7, 11) is -3.29. The van der Waals surface area contributed by atoms with Crippen LogP contribution in [0.5, 0.6) is 0 Å². The van der Waals surface area contributed by atoms with Crippen molar-refractivity contribution in [3.63, 3.8) is 0 Å². The second kappa shape index (κ2) is 8.85. The van der Waals surface area contributed by atoms with Crippen LogP contribution >= 0.6 is 0 Å². The minimum absolute atomic E-state index is 0.0136. The quantitative estimate of drug-likeness (QED) is 0.765. The molecule has 166 valence electrons. The molecule has 1 aromatic carbocycles. The summed E-state index contributed by atoms with van der Waals surface area (Å²) < 4.78 is 31.2. The van der Waals surface area contributed by atoms with Crippen LogP contribution < -0.4 is 10.2 Å². The first-order chi connectivity index (χ1) is 14.4. The molecule has 1 atom stereocenters. The van der Waals surface area contributed by atoms with Crippen LogP contribution in [0.4, 0.5) is 5.69 Å². The number of hydrogen-bond acceptors (Lipinski definition) is 5. The molecule has 1 amide bonds. The van der Waals surface area contributed by atoms with Crippen LogP contribution in [0.25, 0.3) is 0 Å². The van der Waals surface area contributed by atoms with E-state index in [0.29, 0.717) is 19.6 Å². The number of amides is 1. The Morgan fingerprint density at radius 3 is 2.43 bits per heavy atom. The highest BCUT2D eigenvalue weighted by atomic mass is 32.2. The fourth-order valence-electron chi connectivity index (χ4n) is 5.26. The molecule has 1 unspecified atom stereocenters. The molecule has 1 saturated carbocycles. The molecule has 1 aromatic rings. The molecule has 2 heterocycles. The topological polar surface area (TPSA) is 79.0 Å². The Hall–Kier alpha value is -1.64. The van der Waals surface area contributed by atoms with Crippen LogP contribution in [0.3, 0.4) is 0 Å². The van der Waals surface area contributed by atoms with E-state index in [0.717, 1.165) is 57.6 Å². The maximum absolute atomic E-state index is 13.1. The Balaban J connectivity index is 1.39. The van der Waals surface area contributed by atoms with Gasteiger partial charge in [0.2, 0.25) is 15.9 Å². The van der Waals surface area contributed by atoms with Gasteiger partial charge in [-0.3, -0.25) is 4.79 Å². The highest BCUT2D eigenvalue weighted by Gasteiger charge is 2.52. The molecule has 0 aromatic heterocycles. The number of benzene rings is 1. The Kier molecular flexibility index (Phi) is 6.36. The lowest BCUT2D eigenvalue weighted by molar-refractivity contribution is -0.128. The van der Waals surface area contributed by atoms with Crippen molar-refractivity contribution >= 4 is 21.6 Å². The van der Waals surface area contributed by atoms with E-state index in [2.05, 4.69) is 34.5 Å². The van der Waals surface area contributed by atoms with Crippen molar-refractivity contribution < 1.29 is 17.9 Å². The molecule has 1 spiro atoms. The van der Waals surface area contributed by atoms with Crippen molar-refractivity contribution in [2.45, 2.75) is 38.6 Å². The molecule has 0 radical (unpaired) electrons. The van der Waals surface area contributed by atoms with Crippen LogP contribution in [0.2, 0.25) is 0 Å². The summed E-state index contributed by atoms with van der Waals surface area (Å²) in [5, 5.41) is 3.09. The molecule has 8 heteroatoms. The lowest BCUT2D eigenvalue weighted by Crippen LogP contribution is -2.42. The number of carbonyl (C=O) groups excluding carboxylic acids is 1. The van der Waals surface area contributed by atoms with Gasteiger partial charge in [-0.15, -0.1) is 0 Å². The smallest absolute Gasteiger partial charge is 0.225 e. The van der Waals surface area contributed by atoms with E-state index in [-0.39, 0.29) is 17.2 Å². The predicted octanol–water partition coefficient (Wildman–Crippen LogP) is 1.98. The van der Waals surface area contributed by atoms with E-state index < -0.39 is 10.0 Å². The molecular formula is C22H33N3O4S. The number of hydrogen-bond donors (Lipinski definition) is 1. The van der Waals surface area contributed by atoms with Crippen molar-refractivity contribution in [3.05, 3.63) is 29.8 Å². The predicted molar refractivity (Wildman–Crippen MR) is 117 cm³/mol. The second-order valence-corrected chi connectivity index (χ2v) is 11.0. The van der Waals surface area contributed by atoms with Crippen molar-refractivity contribution in [3.8, 4) is 0 Å².